The van der Waals surface area contributed by atoms with Gasteiger partial charge in [0, 0.05) is 24.1 Å². The van der Waals surface area contributed by atoms with Crippen LogP contribution in [0.15, 0.2) is 12.1 Å². The number of hydrogen-bond donors (Lipinski definition) is 1. The molecule has 1 aromatic carbocycles. The lowest BCUT2D eigenvalue weighted by Crippen LogP contribution is -2.03. The van der Waals surface area contributed by atoms with Crippen molar-refractivity contribution in [3.05, 3.63) is 28.4 Å². The molecule has 0 atom stereocenters. The van der Waals surface area contributed by atoms with E-state index in [2.05, 4.69) is 0 Å². The summed E-state index contributed by atoms with van der Waals surface area (Å²) in [6.45, 7) is 1.84. The second kappa shape index (κ2) is 3.96. The summed E-state index contributed by atoms with van der Waals surface area (Å²) in [5.74, 6) is -0.322. The van der Waals surface area contributed by atoms with E-state index in [4.69, 9.17) is 21.4 Å². The van der Waals surface area contributed by atoms with E-state index in [0.29, 0.717) is 10.8 Å². The summed E-state index contributed by atoms with van der Waals surface area (Å²) in [6, 6.07) is 3.37. The Kier molecular flexibility index (Phi) is 2.75. The van der Waals surface area contributed by atoms with Gasteiger partial charge < -0.3 is 14.4 Å². The summed E-state index contributed by atoms with van der Waals surface area (Å²) in [5, 5.41) is 10.3. The standard InChI is InChI=1S/C12H12ClNO3/c1-6-10(17-3)5-8-7(11(6)13)4-9(12(15)16)14(8)2/h4-5H,1-3H3,(H,15,16). The summed E-state index contributed by atoms with van der Waals surface area (Å²) in [6.07, 6.45) is 0. The lowest BCUT2D eigenvalue weighted by Gasteiger charge is -2.08. The molecule has 90 valence electrons. The van der Waals surface area contributed by atoms with Crippen molar-refractivity contribution >= 4 is 28.5 Å². The highest BCUT2D eigenvalue weighted by Crippen LogP contribution is 2.35. The van der Waals surface area contributed by atoms with Crippen LogP contribution in [0.4, 0.5) is 0 Å². The predicted molar refractivity (Wildman–Crippen MR) is 66.2 cm³/mol. The third-order valence-corrected chi connectivity index (χ3v) is 3.41. The highest BCUT2D eigenvalue weighted by molar-refractivity contribution is 6.36. The van der Waals surface area contributed by atoms with E-state index in [1.807, 2.05) is 6.92 Å². The lowest BCUT2D eigenvalue weighted by molar-refractivity contribution is 0.0687. The van der Waals surface area contributed by atoms with Crippen LogP contribution in [0.1, 0.15) is 16.1 Å². The molecule has 0 aliphatic carbocycles. The maximum atomic E-state index is 11.0. The average Bonchev–Trinajstić information content (AvgIpc) is 2.61. The quantitative estimate of drug-likeness (QED) is 0.895. The minimum absolute atomic E-state index is 0.203. The number of methoxy groups -OCH3 is 1. The first-order valence-electron chi connectivity index (χ1n) is 5.03. The maximum Gasteiger partial charge on any atom is 0.352 e. The second-order valence-electron chi connectivity index (χ2n) is 3.84. The zero-order valence-electron chi connectivity index (χ0n) is 9.74. The van der Waals surface area contributed by atoms with Crippen molar-refractivity contribution < 1.29 is 14.6 Å². The van der Waals surface area contributed by atoms with Crippen LogP contribution in [0.5, 0.6) is 5.75 Å². The molecule has 0 spiro atoms. The van der Waals surface area contributed by atoms with Crippen molar-refractivity contribution in [2.45, 2.75) is 6.92 Å². The molecule has 0 unspecified atom stereocenters. The Morgan fingerprint density at radius 2 is 2.12 bits per heavy atom. The molecule has 0 amide bonds. The number of benzene rings is 1. The van der Waals surface area contributed by atoms with Gasteiger partial charge in [-0.2, -0.15) is 0 Å². The molecule has 4 nitrogen and oxygen atoms in total. The maximum absolute atomic E-state index is 11.0. The molecule has 0 radical (unpaired) electrons. The topological polar surface area (TPSA) is 51.5 Å². The van der Waals surface area contributed by atoms with Crippen molar-refractivity contribution in [3.8, 4) is 5.75 Å². The number of rotatable bonds is 2. The summed E-state index contributed by atoms with van der Waals surface area (Å²) >= 11 is 6.21. The number of fused-ring (bicyclic) bond motifs is 1. The number of aromatic nitrogens is 1. The highest BCUT2D eigenvalue weighted by Gasteiger charge is 2.17. The Labute approximate surface area is 103 Å². The number of carboxylic acid groups (broad SMARTS) is 1. The first kappa shape index (κ1) is 11.8. The van der Waals surface area contributed by atoms with Crippen LogP contribution in [0.25, 0.3) is 10.9 Å². The molecule has 0 saturated heterocycles. The number of nitrogens with zero attached hydrogens (tertiary/aromatic N) is 1. The third kappa shape index (κ3) is 1.65. The monoisotopic (exact) mass is 253 g/mol. The van der Waals surface area contributed by atoms with Crippen LogP contribution >= 0.6 is 11.6 Å². The molecule has 2 aromatic rings. The van der Waals surface area contributed by atoms with E-state index in [9.17, 15) is 4.79 Å². The SMILES string of the molecule is COc1cc2c(cc(C(=O)O)n2C)c(Cl)c1C. The molecule has 1 aromatic heterocycles. The van der Waals surface area contributed by atoms with Gasteiger partial charge in [0.1, 0.15) is 11.4 Å². The third-order valence-electron chi connectivity index (χ3n) is 2.92. The second-order valence-corrected chi connectivity index (χ2v) is 4.22. The Hall–Kier alpha value is -1.68. The van der Waals surface area contributed by atoms with Gasteiger partial charge in [0.2, 0.25) is 0 Å². The molecule has 0 saturated carbocycles. The van der Waals surface area contributed by atoms with Gasteiger partial charge in [-0.25, -0.2) is 4.79 Å². The normalized spacial score (nSPS) is 10.8. The number of carbonyl (C=O) groups is 1. The lowest BCUT2D eigenvalue weighted by atomic mass is 10.1. The first-order valence-corrected chi connectivity index (χ1v) is 5.41. The van der Waals surface area contributed by atoms with Gasteiger partial charge in [0.05, 0.1) is 17.6 Å². The zero-order valence-corrected chi connectivity index (χ0v) is 10.5. The van der Waals surface area contributed by atoms with E-state index >= 15 is 0 Å². The van der Waals surface area contributed by atoms with Crippen LogP contribution < -0.4 is 4.74 Å². The Morgan fingerprint density at radius 3 is 2.65 bits per heavy atom. The fourth-order valence-electron chi connectivity index (χ4n) is 1.93. The van der Waals surface area contributed by atoms with Gasteiger partial charge in [0.25, 0.3) is 0 Å². The molecule has 17 heavy (non-hydrogen) atoms. The molecule has 0 aliphatic heterocycles. The van der Waals surface area contributed by atoms with Crippen molar-refractivity contribution in [3.63, 3.8) is 0 Å². The van der Waals surface area contributed by atoms with Gasteiger partial charge >= 0.3 is 5.97 Å². The van der Waals surface area contributed by atoms with Crippen molar-refractivity contribution in [2.75, 3.05) is 7.11 Å². The predicted octanol–water partition coefficient (Wildman–Crippen LogP) is 2.85. The van der Waals surface area contributed by atoms with Crippen molar-refractivity contribution in [1.82, 2.24) is 4.57 Å². The van der Waals surface area contributed by atoms with E-state index in [-0.39, 0.29) is 5.69 Å². The fraction of sp³-hybridized carbons (Fsp3) is 0.250. The van der Waals surface area contributed by atoms with E-state index in [1.54, 1.807) is 30.9 Å². The molecule has 0 bridgehead atoms. The summed E-state index contributed by atoms with van der Waals surface area (Å²) in [4.78, 5) is 11.0. The number of ether oxygens (including phenoxy) is 1. The molecule has 2 rings (SSSR count). The van der Waals surface area contributed by atoms with Crippen LogP contribution in [-0.2, 0) is 7.05 Å². The minimum atomic E-state index is -0.976. The summed E-state index contributed by atoms with van der Waals surface area (Å²) < 4.78 is 6.80. The Bertz CT molecular complexity index is 616. The molecular formula is C12H12ClNO3. The van der Waals surface area contributed by atoms with Crippen molar-refractivity contribution in [1.29, 1.82) is 0 Å². The molecule has 5 heteroatoms. The van der Waals surface area contributed by atoms with E-state index in [1.165, 1.54) is 0 Å². The number of hydrogen-bond acceptors (Lipinski definition) is 2. The zero-order chi connectivity index (χ0) is 12.7. The Morgan fingerprint density at radius 1 is 1.47 bits per heavy atom. The number of aromatic carboxylic acids is 1. The van der Waals surface area contributed by atoms with Gasteiger partial charge in [0.15, 0.2) is 0 Å². The summed E-state index contributed by atoms with van der Waals surface area (Å²) in [5.41, 5.74) is 1.76. The molecule has 0 fully saturated rings. The van der Waals surface area contributed by atoms with E-state index in [0.717, 1.165) is 16.5 Å². The first-order chi connectivity index (χ1) is 7.97. The molecular weight excluding hydrogens is 242 g/mol. The van der Waals surface area contributed by atoms with Gasteiger partial charge in [-0.1, -0.05) is 11.6 Å². The largest absolute Gasteiger partial charge is 0.496 e. The number of halogens is 1. The van der Waals surface area contributed by atoms with Crippen molar-refractivity contribution in [2.24, 2.45) is 7.05 Å². The molecule has 1 N–H and O–H groups in total. The molecule has 0 aliphatic rings. The number of carboxylic acids is 1. The number of aryl methyl sites for hydroxylation is 1. The smallest absolute Gasteiger partial charge is 0.352 e. The van der Waals surface area contributed by atoms with E-state index < -0.39 is 5.97 Å². The minimum Gasteiger partial charge on any atom is -0.496 e. The van der Waals surface area contributed by atoms with Crippen LogP contribution in [0, 0.1) is 6.92 Å². The Balaban J connectivity index is 2.88. The highest BCUT2D eigenvalue weighted by atomic mass is 35.5. The van der Waals surface area contributed by atoms with Crippen LogP contribution in [0.2, 0.25) is 5.02 Å². The van der Waals surface area contributed by atoms with Gasteiger partial charge in [-0.05, 0) is 13.0 Å². The van der Waals surface area contributed by atoms with Crippen LogP contribution in [0.3, 0.4) is 0 Å². The van der Waals surface area contributed by atoms with Gasteiger partial charge in [-0.3, -0.25) is 0 Å². The summed E-state index contributed by atoms with van der Waals surface area (Å²) in [7, 11) is 3.25. The molecule has 1 heterocycles. The van der Waals surface area contributed by atoms with Crippen LogP contribution in [-0.4, -0.2) is 22.8 Å². The van der Waals surface area contributed by atoms with Gasteiger partial charge in [-0.15, -0.1) is 0 Å². The average molecular weight is 254 g/mol. The fourth-order valence-corrected chi connectivity index (χ4v) is 2.17.